The molecule has 0 saturated carbocycles. The molecular formula is C19H29ClN4O4. The van der Waals surface area contributed by atoms with E-state index < -0.39 is 29.3 Å². The Hall–Kier alpha value is -2.32. The second-order valence-electron chi connectivity index (χ2n) is 7.56. The standard InChI is InChI=1S/C19H29ClN4O4/c1-5-6-10-24(12-15(25)23-28)17(26)16(19(2,3)4)22-18(27)21-14-9-7-8-13(20)11-14/h7-9,11,16,28H,5-6,10,12H2,1-4H3,(H,23,25)(H2,21,22,27)/t16-/m1/s1. The molecule has 1 rings (SSSR count). The molecule has 28 heavy (non-hydrogen) atoms. The van der Waals surface area contributed by atoms with Crippen LogP contribution in [0.5, 0.6) is 0 Å². The number of rotatable bonds is 8. The topological polar surface area (TPSA) is 111 Å². The highest BCUT2D eigenvalue weighted by Crippen LogP contribution is 2.22. The Morgan fingerprint density at radius 3 is 2.46 bits per heavy atom. The van der Waals surface area contributed by atoms with Crippen molar-refractivity contribution in [1.82, 2.24) is 15.7 Å². The minimum Gasteiger partial charge on any atom is -0.332 e. The van der Waals surface area contributed by atoms with Crippen LogP contribution in [-0.4, -0.2) is 47.1 Å². The number of halogens is 1. The number of nitrogens with one attached hydrogen (secondary N) is 3. The van der Waals surface area contributed by atoms with Gasteiger partial charge >= 0.3 is 6.03 Å². The van der Waals surface area contributed by atoms with Gasteiger partial charge in [0.25, 0.3) is 5.91 Å². The Labute approximate surface area is 170 Å². The molecular weight excluding hydrogens is 384 g/mol. The van der Waals surface area contributed by atoms with Gasteiger partial charge in [0.05, 0.1) is 0 Å². The van der Waals surface area contributed by atoms with E-state index in [1.165, 1.54) is 10.4 Å². The number of anilines is 1. The second-order valence-corrected chi connectivity index (χ2v) is 7.99. The molecule has 0 aromatic heterocycles. The summed E-state index contributed by atoms with van der Waals surface area (Å²) >= 11 is 5.92. The van der Waals surface area contributed by atoms with Crippen molar-refractivity contribution < 1.29 is 19.6 Å². The van der Waals surface area contributed by atoms with E-state index in [1.54, 1.807) is 24.3 Å². The van der Waals surface area contributed by atoms with Crippen molar-refractivity contribution in [3.05, 3.63) is 29.3 Å². The van der Waals surface area contributed by atoms with Gasteiger partial charge in [-0.15, -0.1) is 0 Å². The largest absolute Gasteiger partial charge is 0.332 e. The molecule has 0 aliphatic carbocycles. The fourth-order valence-electron chi connectivity index (χ4n) is 2.52. The van der Waals surface area contributed by atoms with Gasteiger partial charge < -0.3 is 15.5 Å². The summed E-state index contributed by atoms with van der Waals surface area (Å²) in [6.07, 6.45) is 1.52. The molecule has 8 nitrogen and oxygen atoms in total. The Bertz CT molecular complexity index is 691. The first-order valence-corrected chi connectivity index (χ1v) is 9.51. The smallest absolute Gasteiger partial charge is 0.319 e. The van der Waals surface area contributed by atoms with E-state index in [4.69, 9.17) is 16.8 Å². The van der Waals surface area contributed by atoms with Crippen molar-refractivity contribution in [2.75, 3.05) is 18.4 Å². The molecule has 1 aromatic carbocycles. The highest BCUT2D eigenvalue weighted by atomic mass is 35.5. The van der Waals surface area contributed by atoms with Crippen LogP contribution >= 0.6 is 11.6 Å². The van der Waals surface area contributed by atoms with Gasteiger partial charge in [-0.2, -0.15) is 0 Å². The molecule has 0 unspecified atom stereocenters. The van der Waals surface area contributed by atoms with Gasteiger partial charge in [0, 0.05) is 17.3 Å². The summed E-state index contributed by atoms with van der Waals surface area (Å²) in [5.41, 5.74) is 1.42. The van der Waals surface area contributed by atoms with E-state index in [0.29, 0.717) is 23.7 Å². The third-order valence-electron chi connectivity index (χ3n) is 4.02. The van der Waals surface area contributed by atoms with Crippen LogP contribution in [0.4, 0.5) is 10.5 Å². The first-order chi connectivity index (χ1) is 13.1. The maximum atomic E-state index is 13.1. The quantitative estimate of drug-likeness (QED) is 0.388. The van der Waals surface area contributed by atoms with Crippen LogP contribution in [0.3, 0.4) is 0 Å². The number of hydrogen-bond acceptors (Lipinski definition) is 4. The minimum atomic E-state index is -0.880. The van der Waals surface area contributed by atoms with E-state index in [0.717, 1.165) is 6.42 Å². The zero-order valence-corrected chi connectivity index (χ0v) is 17.5. The Morgan fingerprint density at radius 2 is 1.93 bits per heavy atom. The lowest BCUT2D eigenvalue weighted by Crippen LogP contribution is -2.57. The van der Waals surface area contributed by atoms with Crippen LogP contribution in [-0.2, 0) is 9.59 Å². The number of unbranched alkanes of at least 4 members (excludes halogenated alkanes) is 1. The van der Waals surface area contributed by atoms with Crippen molar-refractivity contribution in [1.29, 1.82) is 0 Å². The van der Waals surface area contributed by atoms with Crippen molar-refractivity contribution in [2.45, 2.75) is 46.6 Å². The number of carbonyl (C=O) groups is 3. The van der Waals surface area contributed by atoms with Crippen LogP contribution in [0, 0.1) is 5.41 Å². The molecule has 0 fully saturated rings. The molecule has 156 valence electrons. The Balaban J connectivity index is 2.96. The van der Waals surface area contributed by atoms with Gasteiger partial charge in [-0.3, -0.25) is 14.8 Å². The van der Waals surface area contributed by atoms with Crippen LogP contribution in [0.25, 0.3) is 0 Å². The monoisotopic (exact) mass is 412 g/mol. The molecule has 4 N–H and O–H groups in total. The Morgan fingerprint density at radius 1 is 1.25 bits per heavy atom. The predicted molar refractivity (Wildman–Crippen MR) is 108 cm³/mol. The van der Waals surface area contributed by atoms with Crippen molar-refractivity contribution >= 4 is 35.1 Å². The first-order valence-electron chi connectivity index (χ1n) is 9.13. The lowest BCUT2D eigenvalue weighted by atomic mass is 9.85. The van der Waals surface area contributed by atoms with E-state index in [1.807, 2.05) is 27.7 Å². The zero-order valence-electron chi connectivity index (χ0n) is 16.7. The summed E-state index contributed by atoms with van der Waals surface area (Å²) in [7, 11) is 0. The van der Waals surface area contributed by atoms with Crippen LogP contribution in [0.2, 0.25) is 5.02 Å². The summed E-state index contributed by atoms with van der Waals surface area (Å²) in [6, 6.07) is 5.22. The maximum absolute atomic E-state index is 13.1. The molecule has 0 heterocycles. The lowest BCUT2D eigenvalue weighted by Gasteiger charge is -2.34. The molecule has 1 aromatic rings. The predicted octanol–water partition coefficient (Wildman–Crippen LogP) is 3.01. The molecule has 9 heteroatoms. The van der Waals surface area contributed by atoms with Gasteiger partial charge in [-0.1, -0.05) is 51.8 Å². The minimum absolute atomic E-state index is 0.292. The van der Waals surface area contributed by atoms with Crippen molar-refractivity contribution in [2.24, 2.45) is 5.41 Å². The first kappa shape index (κ1) is 23.7. The number of amides is 4. The molecule has 0 bridgehead atoms. The van der Waals surface area contributed by atoms with Gasteiger partial charge in [-0.25, -0.2) is 10.3 Å². The fourth-order valence-corrected chi connectivity index (χ4v) is 2.71. The van der Waals surface area contributed by atoms with Gasteiger partial charge in [0.15, 0.2) is 0 Å². The summed E-state index contributed by atoms with van der Waals surface area (Å²) in [6.45, 7) is 7.47. The maximum Gasteiger partial charge on any atom is 0.319 e. The van der Waals surface area contributed by atoms with Crippen LogP contribution in [0.1, 0.15) is 40.5 Å². The average Bonchev–Trinajstić information content (AvgIpc) is 2.61. The normalized spacial score (nSPS) is 12.1. The number of benzene rings is 1. The highest BCUT2D eigenvalue weighted by Gasteiger charge is 2.36. The van der Waals surface area contributed by atoms with Gasteiger partial charge in [0.2, 0.25) is 5.91 Å². The van der Waals surface area contributed by atoms with Crippen molar-refractivity contribution in [3.63, 3.8) is 0 Å². The van der Waals surface area contributed by atoms with Gasteiger partial charge in [0.1, 0.15) is 12.6 Å². The number of urea groups is 1. The molecule has 0 spiro atoms. The zero-order chi connectivity index (χ0) is 21.3. The SMILES string of the molecule is CCCCN(CC(=O)NO)C(=O)[C@@H](NC(=O)Nc1cccc(Cl)c1)C(C)(C)C. The number of carbonyl (C=O) groups excluding carboxylic acids is 3. The van der Waals surface area contributed by atoms with Crippen molar-refractivity contribution in [3.8, 4) is 0 Å². The average molecular weight is 413 g/mol. The summed E-state index contributed by atoms with van der Waals surface area (Å²) in [4.78, 5) is 38.5. The van der Waals surface area contributed by atoms with E-state index >= 15 is 0 Å². The number of nitrogens with zero attached hydrogens (tertiary/aromatic N) is 1. The van der Waals surface area contributed by atoms with Crippen LogP contribution in [0.15, 0.2) is 24.3 Å². The van der Waals surface area contributed by atoms with E-state index in [2.05, 4.69) is 10.6 Å². The summed E-state index contributed by atoms with van der Waals surface area (Å²) < 4.78 is 0. The number of hydrogen-bond donors (Lipinski definition) is 4. The summed E-state index contributed by atoms with van der Waals surface area (Å²) in [5.74, 6) is -1.09. The molecule has 0 aliphatic rings. The molecule has 0 saturated heterocycles. The molecule has 0 aliphatic heterocycles. The molecule has 0 radical (unpaired) electrons. The third-order valence-corrected chi connectivity index (χ3v) is 4.26. The Kier molecular flexibility index (Phi) is 9.21. The summed E-state index contributed by atoms with van der Waals surface area (Å²) in [5, 5.41) is 14.6. The fraction of sp³-hybridized carbons (Fsp3) is 0.526. The van der Waals surface area contributed by atoms with E-state index in [-0.39, 0.29) is 6.54 Å². The number of hydroxylamine groups is 1. The van der Waals surface area contributed by atoms with E-state index in [9.17, 15) is 14.4 Å². The second kappa shape index (κ2) is 10.9. The molecule has 1 atom stereocenters. The third kappa shape index (κ3) is 7.74. The molecule has 4 amide bonds. The highest BCUT2D eigenvalue weighted by molar-refractivity contribution is 6.30. The van der Waals surface area contributed by atoms with Gasteiger partial charge in [-0.05, 0) is 30.0 Å². The lowest BCUT2D eigenvalue weighted by molar-refractivity contribution is -0.142. The van der Waals surface area contributed by atoms with Crippen LogP contribution < -0.4 is 16.1 Å².